The second kappa shape index (κ2) is 8.01. The number of pyridine rings is 1. The predicted molar refractivity (Wildman–Crippen MR) is 128 cm³/mol. The van der Waals surface area contributed by atoms with Crippen molar-refractivity contribution in [3.8, 4) is 5.69 Å². The van der Waals surface area contributed by atoms with Gasteiger partial charge in [-0.15, -0.1) is 0 Å². The molecule has 2 fully saturated rings. The number of aryl methyl sites for hydroxylation is 1. The summed E-state index contributed by atoms with van der Waals surface area (Å²) in [5.41, 5.74) is 3.85. The summed E-state index contributed by atoms with van der Waals surface area (Å²) in [5, 5.41) is 1.12. The number of aromatic nitrogens is 4. The van der Waals surface area contributed by atoms with E-state index >= 15 is 0 Å². The molecule has 1 amide bonds. The van der Waals surface area contributed by atoms with Crippen molar-refractivity contribution in [3.05, 3.63) is 42.1 Å². The number of carbonyl (C=O) groups is 1. The van der Waals surface area contributed by atoms with Crippen LogP contribution in [0.15, 0.2) is 31.0 Å². The zero-order chi connectivity index (χ0) is 23.3. The summed E-state index contributed by atoms with van der Waals surface area (Å²) in [6, 6.07) is 2.15. The summed E-state index contributed by atoms with van der Waals surface area (Å²) in [6.45, 7) is 11.8. The first-order chi connectivity index (χ1) is 15.7. The number of anilines is 1. The van der Waals surface area contributed by atoms with Gasteiger partial charge in [0.15, 0.2) is 0 Å². The molecular formula is C25H32N6O2. The predicted octanol–water partition coefficient (Wildman–Crippen LogP) is 4.45. The van der Waals surface area contributed by atoms with E-state index in [1.807, 2.05) is 38.1 Å². The van der Waals surface area contributed by atoms with E-state index in [4.69, 9.17) is 9.72 Å². The fourth-order valence-electron chi connectivity index (χ4n) is 4.63. The molecule has 3 aromatic rings. The van der Waals surface area contributed by atoms with Crippen molar-refractivity contribution >= 4 is 22.9 Å². The molecule has 8 heteroatoms. The first-order valence-electron chi connectivity index (χ1n) is 11.7. The Bertz CT molecular complexity index is 1190. The topological polar surface area (TPSA) is 76.4 Å². The highest BCUT2D eigenvalue weighted by Gasteiger charge is 2.34. The molecule has 0 N–H and O–H groups in total. The zero-order valence-electron chi connectivity index (χ0n) is 20.1. The summed E-state index contributed by atoms with van der Waals surface area (Å²) in [6.07, 6.45) is 9.76. The number of nitrogens with zero attached hydrogens (tertiary/aromatic N) is 6. The summed E-state index contributed by atoms with van der Waals surface area (Å²) in [5.74, 6) is 1.51. The van der Waals surface area contributed by atoms with Crippen molar-refractivity contribution in [2.75, 3.05) is 24.5 Å². The molecular weight excluding hydrogens is 416 g/mol. The Morgan fingerprint density at radius 3 is 2.61 bits per heavy atom. The number of carbonyl (C=O) groups excluding carboxylic acids is 1. The van der Waals surface area contributed by atoms with Crippen molar-refractivity contribution in [1.82, 2.24) is 24.4 Å². The summed E-state index contributed by atoms with van der Waals surface area (Å²) < 4.78 is 7.76. The number of ether oxygens (including phenoxy) is 1. The van der Waals surface area contributed by atoms with E-state index in [1.165, 1.54) is 18.4 Å². The van der Waals surface area contributed by atoms with Crippen LogP contribution in [0.25, 0.3) is 16.7 Å². The van der Waals surface area contributed by atoms with Crippen LogP contribution in [0.4, 0.5) is 10.6 Å². The normalized spacial score (nSPS) is 19.2. The van der Waals surface area contributed by atoms with Gasteiger partial charge in [-0.25, -0.2) is 14.8 Å². The number of amides is 1. The second-order valence-electron chi connectivity index (χ2n) is 10.3. The maximum Gasteiger partial charge on any atom is 0.410 e. The molecule has 1 unspecified atom stereocenters. The fraction of sp³-hybridized carbons (Fsp3) is 0.520. The Balaban J connectivity index is 1.49. The van der Waals surface area contributed by atoms with E-state index in [0.29, 0.717) is 25.6 Å². The molecule has 4 heterocycles. The summed E-state index contributed by atoms with van der Waals surface area (Å²) >= 11 is 0. The molecule has 1 saturated carbocycles. The molecule has 1 atom stereocenters. The van der Waals surface area contributed by atoms with Gasteiger partial charge in [0.2, 0.25) is 0 Å². The maximum absolute atomic E-state index is 12.7. The molecule has 5 rings (SSSR count). The molecule has 0 aromatic carbocycles. The van der Waals surface area contributed by atoms with E-state index in [1.54, 1.807) is 6.33 Å². The van der Waals surface area contributed by atoms with Crippen molar-refractivity contribution in [3.63, 3.8) is 0 Å². The molecule has 1 aliphatic heterocycles. The Kier molecular flexibility index (Phi) is 5.26. The van der Waals surface area contributed by atoms with Crippen LogP contribution in [0.3, 0.4) is 0 Å². The Morgan fingerprint density at radius 2 is 1.94 bits per heavy atom. The Morgan fingerprint density at radius 1 is 1.15 bits per heavy atom. The van der Waals surface area contributed by atoms with Gasteiger partial charge in [0.1, 0.15) is 23.4 Å². The van der Waals surface area contributed by atoms with Gasteiger partial charge in [-0.1, -0.05) is 0 Å². The third kappa shape index (κ3) is 4.26. The number of hydrogen-bond acceptors (Lipinski definition) is 6. The monoisotopic (exact) mass is 448 g/mol. The summed E-state index contributed by atoms with van der Waals surface area (Å²) in [4.78, 5) is 30.6. The average molecular weight is 449 g/mol. The van der Waals surface area contributed by atoms with E-state index < -0.39 is 5.60 Å². The molecule has 1 saturated heterocycles. The molecule has 1 aliphatic carbocycles. The quantitative estimate of drug-likeness (QED) is 0.589. The number of piperazine rings is 1. The van der Waals surface area contributed by atoms with Crippen molar-refractivity contribution in [2.45, 2.75) is 65.0 Å². The van der Waals surface area contributed by atoms with E-state index in [-0.39, 0.29) is 12.1 Å². The van der Waals surface area contributed by atoms with Crippen LogP contribution in [0.5, 0.6) is 0 Å². The molecule has 3 aromatic heterocycles. The van der Waals surface area contributed by atoms with Gasteiger partial charge in [0.05, 0.1) is 17.3 Å². The first kappa shape index (κ1) is 21.7. The van der Waals surface area contributed by atoms with Crippen LogP contribution in [0.1, 0.15) is 57.6 Å². The van der Waals surface area contributed by atoms with Crippen LogP contribution in [-0.4, -0.2) is 61.8 Å². The minimum Gasteiger partial charge on any atom is -0.444 e. The molecule has 33 heavy (non-hydrogen) atoms. The molecule has 174 valence electrons. The number of fused-ring (bicyclic) bond motifs is 1. The van der Waals surface area contributed by atoms with Gasteiger partial charge in [-0.3, -0.25) is 9.55 Å². The highest BCUT2D eigenvalue weighted by molar-refractivity contribution is 5.93. The second-order valence-corrected chi connectivity index (χ2v) is 10.3. The van der Waals surface area contributed by atoms with Crippen LogP contribution in [0, 0.1) is 6.92 Å². The molecule has 0 spiro atoms. The van der Waals surface area contributed by atoms with Crippen LogP contribution >= 0.6 is 0 Å². The Hall–Kier alpha value is -3.16. The number of rotatable bonds is 3. The Labute approximate surface area is 194 Å². The lowest BCUT2D eigenvalue weighted by Crippen LogP contribution is -2.55. The van der Waals surface area contributed by atoms with Crippen molar-refractivity contribution in [2.24, 2.45) is 0 Å². The first-order valence-corrected chi connectivity index (χ1v) is 11.7. The van der Waals surface area contributed by atoms with Crippen molar-refractivity contribution < 1.29 is 9.53 Å². The van der Waals surface area contributed by atoms with Gasteiger partial charge in [-0.05, 0) is 70.6 Å². The van der Waals surface area contributed by atoms with Gasteiger partial charge in [-0.2, -0.15) is 0 Å². The average Bonchev–Trinajstić information content (AvgIpc) is 3.52. The third-order valence-corrected chi connectivity index (χ3v) is 6.30. The lowest BCUT2D eigenvalue weighted by molar-refractivity contribution is 0.0159. The maximum atomic E-state index is 12.7. The highest BCUT2D eigenvalue weighted by atomic mass is 16.6. The highest BCUT2D eigenvalue weighted by Crippen LogP contribution is 2.46. The van der Waals surface area contributed by atoms with Gasteiger partial charge in [0, 0.05) is 38.1 Å². The minimum atomic E-state index is -0.501. The molecule has 8 nitrogen and oxygen atoms in total. The van der Waals surface area contributed by atoms with Crippen LogP contribution < -0.4 is 4.90 Å². The molecule has 0 radical (unpaired) electrons. The zero-order valence-corrected chi connectivity index (χ0v) is 20.1. The van der Waals surface area contributed by atoms with Gasteiger partial charge < -0.3 is 14.5 Å². The van der Waals surface area contributed by atoms with Crippen LogP contribution in [0.2, 0.25) is 0 Å². The smallest absolute Gasteiger partial charge is 0.410 e. The molecule has 0 bridgehead atoms. The fourth-order valence-corrected chi connectivity index (χ4v) is 4.63. The van der Waals surface area contributed by atoms with Gasteiger partial charge >= 0.3 is 6.09 Å². The standard InChI is InChI=1S/C25H32N6O2/c1-16-10-19(12-26-11-16)31-14-20(18-6-7-18)21-22(27-15-28-23(21)31)29-8-9-30(17(2)13-29)24(32)33-25(3,4)5/h10-12,14-15,17-18H,6-9,13H2,1-5H3. The van der Waals surface area contributed by atoms with E-state index in [9.17, 15) is 4.79 Å². The lowest BCUT2D eigenvalue weighted by Gasteiger charge is -2.40. The summed E-state index contributed by atoms with van der Waals surface area (Å²) in [7, 11) is 0. The lowest BCUT2D eigenvalue weighted by atomic mass is 10.1. The largest absolute Gasteiger partial charge is 0.444 e. The SMILES string of the molecule is Cc1cncc(-n2cc(C3CC3)c3c(N4CCN(C(=O)OC(C)(C)C)C(C)C4)ncnc32)c1. The van der Waals surface area contributed by atoms with Crippen LogP contribution in [-0.2, 0) is 4.74 Å². The number of hydrogen-bond donors (Lipinski definition) is 0. The van der Waals surface area contributed by atoms with Gasteiger partial charge in [0.25, 0.3) is 0 Å². The third-order valence-electron chi connectivity index (χ3n) is 6.30. The van der Waals surface area contributed by atoms with E-state index in [0.717, 1.165) is 28.1 Å². The van der Waals surface area contributed by atoms with E-state index in [2.05, 4.69) is 45.5 Å². The minimum absolute atomic E-state index is 0.0195. The van der Waals surface area contributed by atoms with Crippen molar-refractivity contribution in [1.29, 1.82) is 0 Å². The molecule has 2 aliphatic rings.